The molecule has 4 heteroatoms. The molecule has 1 aromatic rings. The monoisotopic (exact) mass is 219 g/mol. The molecule has 3 N–H and O–H groups in total. The quantitative estimate of drug-likeness (QED) is 0.796. The van der Waals surface area contributed by atoms with Gasteiger partial charge in [-0.2, -0.15) is 0 Å². The topological polar surface area (TPSA) is 58.4 Å². The van der Waals surface area contributed by atoms with E-state index in [2.05, 4.69) is 17.4 Å². The molecule has 0 aliphatic carbocycles. The molecule has 1 heterocycles. The molecule has 1 fully saturated rings. The van der Waals surface area contributed by atoms with Gasteiger partial charge in [-0.1, -0.05) is 30.3 Å². The number of hydrogen-bond donors (Lipinski definition) is 2. The van der Waals surface area contributed by atoms with Crippen LogP contribution in [0.1, 0.15) is 18.0 Å². The van der Waals surface area contributed by atoms with Gasteiger partial charge >= 0.3 is 6.03 Å². The number of nitrogens with zero attached hydrogens (tertiary/aromatic N) is 1. The summed E-state index contributed by atoms with van der Waals surface area (Å²) in [4.78, 5) is 13.5. The number of rotatable bonds is 4. The molecule has 1 atom stereocenters. The largest absolute Gasteiger partial charge is 0.336 e. The smallest absolute Gasteiger partial charge is 0.318 e. The molecule has 86 valence electrons. The molecule has 0 radical (unpaired) electrons. The molecule has 1 aliphatic rings. The van der Waals surface area contributed by atoms with Crippen LogP contribution in [0.5, 0.6) is 0 Å². The Bertz CT molecular complexity index is 353. The van der Waals surface area contributed by atoms with E-state index < -0.39 is 0 Å². The van der Waals surface area contributed by atoms with Crippen molar-refractivity contribution in [2.24, 2.45) is 5.73 Å². The van der Waals surface area contributed by atoms with Gasteiger partial charge in [-0.15, -0.1) is 0 Å². The van der Waals surface area contributed by atoms with E-state index in [4.69, 9.17) is 5.73 Å². The first-order valence-electron chi connectivity index (χ1n) is 5.62. The van der Waals surface area contributed by atoms with Crippen molar-refractivity contribution in [2.45, 2.75) is 12.5 Å². The molecule has 0 spiro atoms. The molecule has 2 rings (SSSR count). The maximum atomic E-state index is 11.6. The molecule has 4 nitrogen and oxygen atoms in total. The van der Waals surface area contributed by atoms with Gasteiger partial charge in [0.15, 0.2) is 0 Å². The lowest BCUT2D eigenvalue weighted by Crippen LogP contribution is -2.31. The Labute approximate surface area is 95.4 Å². The highest BCUT2D eigenvalue weighted by Gasteiger charge is 2.30. The number of benzene rings is 1. The summed E-state index contributed by atoms with van der Waals surface area (Å²) >= 11 is 0. The number of carbonyl (C=O) groups excluding carboxylic acids is 1. The normalized spacial score (nSPS) is 19.9. The fourth-order valence-electron chi connectivity index (χ4n) is 2.03. The Hall–Kier alpha value is -1.55. The van der Waals surface area contributed by atoms with Crippen molar-refractivity contribution >= 4 is 6.03 Å². The molecule has 1 aromatic carbocycles. The van der Waals surface area contributed by atoms with Crippen molar-refractivity contribution in [2.75, 3.05) is 19.6 Å². The van der Waals surface area contributed by atoms with Crippen molar-refractivity contribution in [3.05, 3.63) is 35.9 Å². The molecular weight excluding hydrogens is 202 g/mol. The van der Waals surface area contributed by atoms with Crippen LogP contribution in [0, 0.1) is 0 Å². The van der Waals surface area contributed by atoms with Crippen molar-refractivity contribution < 1.29 is 4.79 Å². The van der Waals surface area contributed by atoms with Crippen LogP contribution in [0.4, 0.5) is 4.79 Å². The maximum Gasteiger partial charge on any atom is 0.318 e. The van der Waals surface area contributed by atoms with Gasteiger partial charge < -0.3 is 16.0 Å². The van der Waals surface area contributed by atoms with E-state index >= 15 is 0 Å². The van der Waals surface area contributed by atoms with Crippen LogP contribution in [0.25, 0.3) is 0 Å². The molecule has 0 aromatic heterocycles. The number of urea groups is 1. The Morgan fingerprint density at radius 1 is 1.38 bits per heavy atom. The molecule has 16 heavy (non-hydrogen) atoms. The third-order valence-corrected chi connectivity index (χ3v) is 2.87. The molecule has 0 bridgehead atoms. The zero-order valence-corrected chi connectivity index (χ0v) is 9.23. The lowest BCUT2D eigenvalue weighted by atomic mass is 10.1. The van der Waals surface area contributed by atoms with Gasteiger partial charge in [-0.3, -0.25) is 0 Å². The van der Waals surface area contributed by atoms with Gasteiger partial charge in [0.2, 0.25) is 0 Å². The standard InChI is InChI=1S/C12H17N3O/c13-7-4-8-15-11(9-14-12(15)16)10-5-2-1-3-6-10/h1-3,5-6,11H,4,7-9,13H2,(H,14,16). The fraction of sp³-hybridized carbons (Fsp3) is 0.417. The maximum absolute atomic E-state index is 11.6. The van der Waals surface area contributed by atoms with Gasteiger partial charge in [-0.25, -0.2) is 4.79 Å². The van der Waals surface area contributed by atoms with Crippen molar-refractivity contribution in [1.29, 1.82) is 0 Å². The number of amides is 2. The average molecular weight is 219 g/mol. The summed E-state index contributed by atoms with van der Waals surface area (Å²) < 4.78 is 0. The number of nitrogens with two attached hydrogens (primary N) is 1. The van der Waals surface area contributed by atoms with E-state index in [1.807, 2.05) is 23.1 Å². The van der Waals surface area contributed by atoms with E-state index in [1.165, 1.54) is 5.56 Å². The SMILES string of the molecule is NCCCN1C(=O)NCC1c1ccccc1. The second-order valence-corrected chi connectivity index (χ2v) is 3.95. The van der Waals surface area contributed by atoms with E-state index in [0.29, 0.717) is 13.1 Å². The second-order valence-electron chi connectivity index (χ2n) is 3.95. The molecule has 2 amide bonds. The van der Waals surface area contributed by atoms with Crippen LogP contribution in [-0.4, -0.2) is 30.6 Å². The lowest BCUT2D eigenvalue weighted by molar-refractivity contribution is 0.203. The summed E-state index contributed by atoms with van der Waals surface area (Å²) in [5.41, 5.74) is 6.66. The third-order valence-electron chi connectivity index (χ3n) is 2.87. The summed E-state index contributed by atoms with van der Waals surface area (Å²) in [6.07, 6.45) is 0.844. The highest BCUT2D eigenvalue weighted by Crippen LogP contribution is 2.24. The predicted molar refractivity (Wildman–Crippen MR) is 63.0 cm³/mol. The zero-order chi connectivity index (χ0) is 11.4. The lowest BCUT2D eigenvalue weighted by Gasteiger charge is -2.23. The van der Waals surface area contributed by atoms with Gasteiger partial charge in [-0.05, 0) is 18.5 Å². The third kappa shape index (κ3) is 2.17. The summed E-state index contributed by atoms with van der Waals surface area (Å²) in [5.74, 6) is 0. The molecule has 1 aliphatic heterocycles. The Kier molecular flexibility index (Phi) is 3.41. The average Bonchev–Trinajstić information content (AvgIpc) is 2.69. The Morgan fingerprint density at radius 2 is 2.12 bits per heavy atom. The first kappa shape index (κ1) is 11.0. The first-order chi connectivity index (χ1) is 7.83. The van der Waals surface area contributed by atoms with Crippen LogP contribution < -0.4 is 11.1 Å². The summed E-state index contributed by atoms with van der Waals surface area (Å²) in [7, 11) is 0. The van der Waals surface area contributed by atoms with Gasteiger partial charge in [0.1, 0.15) is 0 Å². The van der Waals surface area contributed by atoms with Crippen molar-refractivity contribution in [1.82, 2.24) is 10.2 Å². The summed E-state index contributed by atoms with van der Waals surface area (Å²) in [5, 5.41) is 2.87. The molecule has 0 saturated carbocycles. The van der Waals surface area contributed by atoms with Crippen LogP contribution in [0.2, 0.25) is 0 Å². The zero-order valence-electron chi connectivity index (χ0n) is 9.23. The van der Waals surface area contributed by atoms with Crippen LogP contribution in [0.15, 0.2) is 30.3 Å². The van der Waals surface area contributed by atoms with Crippen LogP contribution in [-0.2, 0) is 0 Å². The summed E-state index contributed by atoms with van der Waals surface area (Å²) in [6, 6.07) is 10.3. The number of nitrogens with one attached hydrogen (secondary N) is 1. The minimum atomic E-state index is 0.0160. The van der Waals surface area contributed by atoms with Gasteiger partial charge in [0.25, 0.3) is 0 Å². The van der Waals surface area contributed by atoms with Gasteiger partial charge in [0, 0.05) is 13.1 Å². The molecule has 1 saturated heterocycles. The van der Waals surface area contributed by atoms with E-state index in [1.54, 1.807) is 0 Å². The minimum absolute atomic E-state index is 0.0160. The molecule has 1 unspecified atom stereocenters. The minimum Gasteiger partial charge on any atom is -0.336 e. The number of hydrogen-bond acceptors (Lipinski definition) is 2. The van der Waals surface area contributed by atoms with E-state index in [-0.39, 0.29) is 12.1 Å². The highest BCUT2D eigenvalue weighted by molar-refractivity contribution is 5.77. The molecular formula is C12H17N3O. The van der Waals surface area contributed by atoms with Crippen molar-refractivity contribution in [3.63, 3.8) is 0 Å². The van der Waals surface area contributed by atoms with E-state index in [9.17, 15) is 4.79 Å². The second kappa shape index (κ2) is 4.99. The highest BCUT2D eigenvalue weighted by atomic mass is 16.2. The Morgan fingerprint density at radius 3 is 2.81 bits per heavy atom. The Balaban J connectivity index is 2.11. The predicted octanol–water partition coefficient (Wildman–Crippen LogP) is 1.10. The van der Waals surface area contributed by atoms with Crippen molar-refractivity contribution in [3.8, 4) is 0 Å². The fourth-order valence-corrected chi connectivity index (χ4v) is 2.03. The summed E-state index contributed by atoms with van der Waals surface area (Å²) in [6.45, 7) is 2.03. The first-order valence-corrected chi connectivity index (χ1v) is 5.62. The van der Waals surface area contributed by atoms with Gasteiger partial charge in [0.05, 0.1) is 6.04 Å². The van der Waals surface area contributed by atoms with E-state index in [0.717, 1.165) is 13.0 Å². The number of carbonyl (C=O) groups is 1. The van der Waals surface area contributed by atoms with Crippen LogP contribution >= 0.6 is 0 Å². The van der Waals surface area contributed by atoms with Crippen LogP contribution in [0.3, 0.4) is 0 Å².